The first-order chi connectivity index (χ1) is 9.56. The van der Waals surface area contributed by atoms with Gasteiger partial charge in [-0.3, -0.25) is 10.1 Å². The van der Waals surface area contributed by atoms with Crippen molar-refractivity contribution in [3.05, 3.63) is 46.2 Å². The number of amides is 1. The maximum Gasteiger partial charge on any atom is 0.293 e. The number of rotatable bonds is 2. The van der Waals surface area contributed by atoms with Gasteiger partial charge in [0.1, 0.15) is 5.58 Å². The van der Waals surface area contributed by atoms with E-state index in [1.165, 1.54) is 11.3 Å². The van der Waals surface area contributed by atoms with Gasteiger partial charge in [-0.05, 0) is 26.3 Å². The number of hydrogen-bond acceptors (Lipinski definition) is 4. The van der Waals surface area contributed by atoms with Crippen LogP contribution >= 0.6 is 11.3 Å². The number of anilines is 1. The van der Waals surface area contributed by atoms with E-state index in [0.717, 1.165) is 27.8 Å². The largest absolute Gasteiger partial charge is 0.450 e. The minimum absolute atomic E-state index is 0.257. The number of aryl methyl sites for hydroxylation is 3. The van der Waals surface area contributed by atoms with Crippen molar-refractivity contribution in [2.75, 3.05) is 5.32 Å². The maximum absolute atomic E-state index is 12.3. The molecule has 0 atom stereocenters. The van der Waals surface area contributed by atoms with Crippen LogP contribution in [0, 0.1) is 20.8 Å². The molecule has 1 amide bonds. The highest BCUT2D eigenvalue weighted by molar-refractivity contribution is 7.13. The standard InChI is InChI=1S/C15H14N2O2S/c1-8-5-4-6-11-10(3)13(19-12(8)11)14(18)17-15-16-9(2)7-20-15/h4-7H,1-3H3,(H,16,17,18). The molecule has 0 saturated heterocycles. The highest BCUT2D eigenvalue weighted by Gasteiger charge is 2.19. The second-order valence-electron chi connectivity index (χ2n) is 4.76. The molecule has 20 heavy (non-hydrogen) atoms. The number of carbonyl (C=O) groups excluding carboxylic acids is 1. The van der Waals surface area contributed by atoms with Crippen LogP contribution in [0.25, 0.3) is 11.0 Å². The summed E-state index contributed by atoms with van der Waals surface area (Å²) in [5.41, 5.74) is 3.54. The number of furan rings is 1. The minimum Gasteiger partial charge on any atom is -0.450 e. The van der Waals surface area contributed by atoms with Crippen molar-refractivity contribution in [1.82, 2.24) is 4.98 Å². The van der Waals surface area contributed by atoms with Crippen molar-refractivity contribution >= 4 is 33.3 Å². The van der Waals surface area contributed by atoms with Crippen LogP contribution in [-0.2, 0) is 0 Å². The Morgan fingerprint density at radius 2 is 2.10 bits per heavy atom. The summed E-state index contributed by atoms with van der Waals surface area (Å²) >= 11 is 1.40. The molecule has 5 heteroatoms. The van der Waals surface area contributed by atoms with Crippen LogP contribution in [0.5, 0.6) is 0 Å². The zero-order chi connectivity index (χ0) is 14.3. The van der Waals surface area contributed by atoms with Gasteiger partial charge in [-0.1, -0.05) is 18.2 Å². The van der Waals surface area contributed by atoms with E-state index in [2.05, 4.69) is 10.3 Å². The molecule has 2 aromatic heterocycles. The van der Waals surface area contributed by atoms with E-state index in [-0.39, 0.29) is 5.91 Å². The second-order valence-corrected chi connectivity index (χ2v) is 5.61. The Balaban J connectivity index is 1.99. The molecule has 0 aliphatic carbocycles. The highest BCUT2D eigenvalue weighted by atomic mass is 32.1. The lowest BCUT2D eigenvalue weighted by Crippen LogP contribution is -2.11. The number of para-hydroxylation sites is 1. The number of fused-ring (bicyclic) bond motifs is 1. The number of thiazole rings is 1. The third-order valence-electron chi connectivity index (χ3n) is 3.21. The average molecular weight is 286 g/mol. The Morgan fingerprint density at radius 3 is 2.75 bits per heavy atom. The molecule has 3 aromatic rings. The van der Waals surface area contributed by atoms with Crippen LogP contribution in [0.4, 0.5) is 5.13 Å². The van der Waals surface area contributed by atoms with Gasteiger partial charge in [0.15, 0.2) is 10.9 Å². The van der Waals surface area contributed by atoms with E-state index < -0.39 is 0 Å². The molecule has 4 nitrogen and oxygen atoms in total. The molecule has 0 bridgehead atoms. The van der Waals surface area contributed by atoms with Crippen LogP contribution in [0.1, 0.15) is 27.4 Å². The fourth-order valence-electron chi connectivity index (χ4n) is 2.17. The monoisotopic (exact) mass is 286 g/mol. The van der Waals surface area contributed by atoms with E-state index in [1.807, 2.05) is 44.4 Å². The Hall–Kier alpha value is -2.14. The molecule has 2 heterocycles. The third-order valence-corrected chi connectivity index (χ3v) is 4.08. The van der Waals surface area contributed by atoms with Gasteiger partial charge >= 0.3 is 0 Å². The minimum atomic E-state index is -0.257. The first kappa shape index (κ1) is 12.9. The lowest BCUT2D eigenvalue weighted by molar-refractivity contribution is 0.0998. The van der Waals surface area contributed by atoms with Gasteiger partial charge in [-0.2, -0.15) is 0 Å². The Kier molecular flexibility index (Phi) is 3.06. The molecule has 0 aliphatic heterocycles. The summed E-state index contributed by atoms with van der Waals surface area (Å²) in [5, 5.41) is 6.23. The van der Waals surface area contributed by atoms with E-state index in [4.69, 9.17) is 4.42 Å². The summed E-state index contributed by atoms with van der Waals surface area (Å²) in [6.45, 7) is 5.76. The van der Waals surface area contributed by atoms with Gasteiger partial charge in [0, 0.05) is 16.3 Å². The molecule has 3 rings (SSSR count). The lowest BCUT2D eigenvalue weighted by atomic mass is 10.1. The Labute approximate surface area is 120 Å². The molecule has 1 N–H and O–H groups in total. The van der Waals surface area contributed by atoms with E-state index in [1.54, 1.807) is 0 Å². The molecule has 0 radical (unpaired) electrons. The van der Waals surface area contributed by atoms with Crippen molar-refractivity contribution < 1.29 is 9.21 Å². The molecular formula is C15H14N2O2S. The number of nitrogens with zero attached hydrogens (tertiary/aromatic N) is 1. The molecule has 0 saturated carbocycles. The van der Waals surface area contributed by atoms with Crippen LogP contribution < -0.4 is 5.32 Å². The summed E-state index contributed by atoms with van der Waals surface area (Å²) in [7, 11) is 0. The fraction of sp³-hybridized carbons (Fsp3) is 0.200. The zero-order valence-corrected chi connectivity index (χ0v) is 12.3. The summed E-state index contributed by atoms with van der Waals surface area (Å²) < 4.78 is 5.74. The van der Waals surface area contributed by atoms with Crippen molar-refractivity contribution in [2.24, 2.45) is 0 Å². The number of aromatic nitrogens is 1. The quantitative estimate of drug-likeness (QED) is 0.772. The van der Waals surface area contributed by atoms with Gasteiger partial charge < -0.3 is 4.42 Å². The van der Waals surface area contributed by atoms with Gasteiger partial charge in [-0.25, -0.2) is 4.98 Å². The van der Waals surface area contributed by atoms with Crippen molar-refractivity contribution in [2.45, 2.75) is 20.8 Å². The maximum atomic E-state index is 12.3. The third kappa shape index (κ3) is 2.10. The molecule has 102 valence electrons. The molecule has 0 spiro atoms. The molecule has 0 unspecified atom stereocenters. The zero-order valence-electron chi connectivity index (χ0n) is 11.5. The first-order valence-electron chi connectivity index (χ1n) is 6.28. The van der Waals surface area contributed by atoms with Gasteiger partial charge in [0.2, 0.25) is 0 Å². The van der Waals surface area contributed by atoms with Crippen LogP contribution in [0.3, 0.4) is 0 Å². The molecule has 1 aromatic carbocycles. The van der Waals surface area contributed by atoms with E-state index >= 15 is 0 Å². The summed E-state index contributed by atoms with van der Waals surface area (Å²) in [6, 6.07) is 5.90. The summed E-state index contributed by atoms with van der Waals surface area (Å²) in [4.78, 5) is 16.5. The average Bonchev–Trinajstić information content (AvgIpc) is 2.95. The Bertz CT molecular complexity index is 801. The normalized spacial score (nSPS) is 10.9. The predicted molar refractivity (Wildman–Crippen MR) is 80.5 cm³/mol. The van der Waals surface area contributed by atoms with Crippen molar-refractivity contribution in [3.8, 4) is 0 Å². The molecule has 0 fully saturated rings. The topological polar surface area (TPSA) is 55.1 Å². The number of hydrogen-bond donors (Lipinski definition) is 1. The SMILES string of the molecule is Cc1csc(NC(=O)c2oc3c(C)cccc3c2C)n1. The van der Waals surface area contributed by atoms with Crippen LogP contribution in [0.2, 0.25) is 0 Å². The molecule has 0 aliphatic rings. The van der Waals surface area contributed by atoms with Crippen molar-refractivity contribution in [1.29, 1.82) is 0 Å². The number of nitrogens with one attached hydrogen (secondary N) is 1. The van der Waals surface area contributed by atoms with Crippen LogP contribution in [-0.4, -0.2) is 10.9 Å². The number of carbonyl (C=O) groups is 1. The van der Waals surface area contributed by atoms with E-state index in [0.29, 0.717) is 10.9 Å². The fourth-order valence-corrected chi connectivity index (χ4v) is 2.85. The van der Waals surface area contributed by atoms with Gasteiger partial charge in [0.05, 0.1) is 5.69 Å². The van der Waals surface area contributed by atoms with Gasteiger partial charge in [-0.15, -0.1) is 11.3 Å². The first-order valence-corrected chi connectivity index (χ1v) is 7.16. The van der Waals surface area contributed by atoms with E-state index in [9.17, 15) is 4.79 Å². The molecular weight excluding hydrogens is 272 g/mol. The van der Waals surface area contributed by atoms with Crippen LogP contribution in [0.15, 0.2) is 28.0 Å². The Morgan fingerprint density at radius 1 is 1.30 bits per heavy atom. The summed E-state index contributed by atoms with van der Waals surface area (Å²) in [5.74, 6) is 0.0922. The predicted octanol–water partition coefficient (Wildman–Crippen LogP) is 4.07. The smallest absolute Gasteiger partial charge is 0.293 e. The lowest BCUT2D eigenvalue weighted by Gasteiger charge is -1.98. The van der Waals surface area contributed by atoms with Gasteiger partial charge in [0.25, 0.3) is 5.91 Å². The van der Waals surface area contributed by atoms with Crippen molar-refractivity contribution in [3.63, 3.8) is 0 Å². The number of benzene rings is 1. The second kappa shape index (κ2) is 4.76. The highest BCUT2D eigenvalue weighted by Crippen LogP contribution is 2.28. The summed E-state index contributed by atoms with van der Waals surface area (Å²) in [6.07, 6.45) is 0.